The predicted molar refractivity (Wildman–Crippen MR) is 136 cm³/mol. The van der Waals surface area contributed by atoms with Gasteiger partial charge in [-0.2, -0.15) is 4.68 Å². The summed E-state index contributed by atoms with van der Waals surface area (Å²) in [6.45, 7) is 1.70. The number of carbonyl (C=O) groups is 1. The zero-order valence-corrected chi connectivity index (χ0v) is 20.7. The molecular formula is C26H22ClFN6O3. The van der Waals surface area contributed by atoms with Gasteiger partial charge in [-0.15, -0.1) is 0 Å². The number of rotatable bonds is 7. The summed E-state index contributed by atoms with van der Waals surface area (Å²) in [4.78, 5) is 13.4. The average Bonchev–Trinajstić information content (AvgIpc) is 3.36. The number of benzene rings is 3. The van der Waals surface area contributed by atoms with E-state index in [9.17, 15) is 9.18 Å². The standard InChI is InChI=1S/C26H22ClFN6O3/c1-15-23(25(35)30-17-7-4-3-5-8-17)24(34-26(29-15)31-32-33-34)16-11-12-21(22(13-16)36-2)37-14-18-19(27)9-6-10-20(18)28/h3-13,24H,14H2,1-2H3,(H,30,35)(H,29,31,33). The Balaban J connectivity index is 1.48. The average molecular weight is 521 g/mol. The predicted octanol–water partition coefficient (Wildman–Crippen LogP) is 4.98. The topological polar surface area (TPSA) is 103 Å². The second kappa shape index (κ2) is 10.3. The lowest BCUT2D eigenvalue weighted by Crippen LogP contribution is -2.31. The molecule has 0 saturated heterocycles. The van der Waals surface area contributed by atoms with Gasteiger partial charge < -0.3 is 20.1 Å². The van der Waals surface area contributed by atoms with Crippen LogP contribution in [0.2, 0.25) is 5.02 Å². The smallest absolute Gasteiger partial charge is 0.255 e. The maximum Gasteiger partial charge on any atom is 0.255 e. The van der Waals surface area contributed by atoms with Crippen LogP contribution in [0.3, 0.4) is 0 Å². The third-order valence-electron chi connectivity index (χ3n) is 5.93. The van der Waals surface area contributed by atoms with Gasteiger partial charge in [-0.05, 0) is 59.3 Å². The van der Waals surface area contributed by atoms with E-state index in [0.29, 0.717) is 40.0 Å². The number of allylic oxidation sites excluding steroid dienone is 1. The molecule has 3 aromatic carbocycles. The Bertz CT molecular complexity index is 1470. The van der Waals surface area contributed by atoms with Gasteiger partial charge in [0, 0.05) is 16.9 Å². The molecule has 37 heavy (non-hydrogen) atoms. The Kier molecular flexibility index (Phi) is 6.74. The van der Waals surface area contributed by atoms with E-state index >= 15 is 0 Å². The second-order valence-electron chi connectivity index (χ2n) is 8.23. The summed E-state index contributed by atoms with van der Waals surface area (Å²) in [6.07, 6.45) is 0. The fraction of sp³-hybridized carbons (Fsp3) is 0.154. The van der Waals surface area contributed by atoms with Gasteiger partial charge in [-0.3, -0.25) is 4.79 Å². The number of aromatic nitrogens is 4. The monoisotopic (exact) mass is 520 g/mol. The number of nitrogens with one attached hydrogen (secondary N) is 2. The Labute approximate surface area is 216 Å². The molecule has 5 rings (SSSR count). The van der Waals surface area contributed by atoms with E-state index in [-0.39, 0.29) is 23.1 Å². The van der Waals surface area contributed by atoms with E-state index in [1.807, 2.05) is 18.2 Å². The molecule has 1 amide bonds. The lowest BCUT2D eigenvalue weighted by atomic mass is 9.94. The minimum Gasteiger partial charge on any atom is -0.493 e. The molecule has 11 heteroatoms. The first kappa shape index (κ1) is 24.3. The number of hydrogen-bond acceptors (Lipinski definition) is 7. The van der Waals surface area contributed by atoms with Crippen molar-refractivity contribution in [2.24, 2.45) is 0 Å². The molecule has 2 N–H and O–H groups in total. The van der Waals surface area contributed by atoms with Crippen LogP contribution in [0.1, 0.15) is 24.1 Å². The van der Waals surface area contributed by atoms with E-state index in [0.717, 1.165) is 0 Å². The number of fused-ring (bicyclic) bond motifs is 1. The molecule has 1 aliphatic heterocycles. The van der Waals surface area contributed by atoms with Gasteiger partial charge in [-0.25, -0.2) is 4.39 Å². The van der Waals surface area contributed by atoms with E-state index < -0.39 is 11.9 Å². The molecule has 1 aliphatic rings. The quantitative estimate of drug-likeness (QED) is 0.354. The van der Waals surface area contributed by atoms with Crippen molar-refractivity contribution >= 4 is 29.1 Å². The number of para-hydroxylation sites is 1. The van der Waals surface area contributed by atoms with E-state index in [4.69, 9.17) is 21.1 Å². The lowest BCUT2D eigenvalue weighted by Gasteiger charge is -2.28. The fourth-order valence-electron chi connectivity index (χ4n) is 4.13. The maximum atomic E-state index is 14.2. The molecule has 0 spiro atoms. The Morgan fingerprint density at radius 2 is 1.95 bits per heavy atom. The summed E-state index contributed by atoms with van der Waals surface area (Å²) in [7, 11) is 1.50. The molecule has 1 aromatic heterocycles. The van der Waals surface area contributed by atoms with Crippen LogP contribution in [-0.2, 0) is 11.4 Å². The van der Waals surface area contributed by atoms with E-state index in [2.05, 4.69) is 26.2 Å². The van der Waals surface area contributed by atoms with Crippen LogP contribution in [-0.4, -0.2) is 33.2 Å². The van der Waals surface area contributed by atoms with Crippen molar-refractivity contribution in [3.8, 4) is 11.5 Å². The number of halogens is 2. The zero-order chi connectivity index (χ0) is 25.9. The SMILES string of the molecule is COc1cc(C2C(C(=O)Nc3ccccc3)=C(C)Nc3nnnn32)ccc1OCc1c(F)cccc1Cl. The van der Waals surface area contributed by atoms with Crippen LogP contribution in [0, 0.1) is 5.82 Å². The van der Waals surface area contributed by atoms with Crippen molar-refractivity contribution in [3.05, 3.63) is 100.0 Å². The molecule has 0 radical (unpaired) electrons. The number of hydrogen-bond donors (Lipinski definition) is 2. The van der Waals surface area contributed by atoms with Crippen molar-refractivity contribution in [1.29, 1.82) is 0 Å². The van der Waals surface area contributed by atoms with Crippen molar-refractivity contribution in [2.45, 2.75) is 19.6 Å². The zero-order valence-electron chi connectivity index (χ0n) is 19.9. The summed E-state index contributed by atoms with van der Waals surface area (Å²) >= 11 is 6.13. The van der Waals surface area contributed by atoms with Crippen molar-refractivity contribution in [3.63, 3.8) is 0 Å². The number of amides is 1. The van der Waals surface area contributed by atoms with Crippen molar-refractivity contribution in [2.75, 3.05) is 17.7 Å². The van der Waals surface area contributed by atoms with Gasteiger partial charge in [0.2, 0.25) is 5.95 Å². The number of anilines is 2. The van der Waals surface area contributed by atoms with Gasteiger partial charge >= 0.3 is 0 Å². The molecule has 0 saturated carbocycles. The van der Waals surface area contributed by atoms with E-state index in [1.165, 1.54) is 23.9 Å². The van der Waals surface area contributed by atoms with Gasteiger partial charge in [0.15, 0.2) is 11.5 Å². The molecule has 1 atom stereocenters. The van der Waals surface area contributed by atoms with E-state index in [1.54, 1.807) is 43.3 Å². The van der Waals surface area contributed by atoms with Crippen LogP contribution in [0.25, 0.3) is 0 Å². The molecule has 0 fully saturated rings. The maximum absolute atomic E-state index is 14.2. The molecule has 2 heterocycles. The van der Waals surface area contributed by atoms with Crippen LogP contribution in [0.5, 0.6) is 11.5 Å². The van der Waals surface area contributed by atoms with Crippen LogP contribution in [0.15, 0.2) is 78.0 Å². The van der Waals surface area contributed by atoms with Crippen LogP contribution >= 0.6 is 11.6 Å². The van der Waals surface area contributed by atoms with Gasteiger partial charge in [0.1, 0.15) is 18.5 Å². The Morgan fingerprint density at radius 3 is 2.70 bits per heavy atom. The minimum absolute atomic E-state index is 0.0878. The molecule has 0 aliphatic carbocycles. The summed E-state index contributed by atoms with van der Waals surface area (Å²) in [5.74, 6) is 0.396. The normalized spacial score (nSPS) is 14.5. The molecule has 0 bridgehead atoms. The molecule has 4 aromatic rings. The summed E-state index contributed by atoms with van der Waals surface area (Å²) in [6, 6.07) is 18.2. The van der Waals surface area contributed by atoms with Gasteiger partial charge in [-0.1, -0.05) is 47.0 Å². The third kappa shape index (κ3) is 4.83. The summed E-state index contributed by atoms with van der Waals surface area (Å²) in [5, 5.41) is 18.2. The Morgan fingerprint density at radius 1 is 1.14 bits per heavy atom. The third-order valence-corrected chi connectivity index (χ3v) is 6.28. The highest BCUT2D eigenvalue weighted by Crippen LogP contribution is 2.39. The molecule has 1 unspecified atom stereocenters. The van der Waals surface area contributed by atoms with Crippen LogP contribution < -0.4 is 20.1 Å². The first-order chi connectivity index (χ1) is 18.0. The minimum atomic E-state index is -0.654. The molecule has 188 valence electrons. The fourth-order valence-corrected chi connectivity index (χ4v) is 4.35. The van der Waals surface area contributed by atoms with Crippen LogP contribution in [0.4, 0.5) is 16.0 Å². The first-order valence-electron chi connectivity index (χ1n) is 11.3. The number of methoxy groups -OCH3 is 1. The highest BCUT2D eigenvalue weighted by molar-refractivity contribution is 6.31. The molecule has 9 nitrogen and oxygen atoms in total. The number of nitrogens with zero attached hydrogens (tertiary/aromatic N) is 4. The second-order valence-corrected chi connectivity index (χ2v) is 8.64. The largest absolute Gasteiger partial charge is 0.493 e. The summed E-state index contributed by atoms with van der Waals surface area (Å²) < 4.78 is 27.1. The number of ether oxygens (including phenoxy) is 2. The first-order valence-corrected chi connectivity index (χ1v) is 11.7. The highest BCUT2D eigenvalue weighted by Gasteiger charge is 2.34. The Hall–Kier alpha value is -4.44. The summed E-state index contributed by atoms with van der Waals surface area (Å²) in [5.41, 5.74) is 2.61. The van der Waals surface area contributed by atoms with Gasteiger partial charge in [0.25, 0.3) is 5.91 Å². The van der Waals surface area contributed by atoms with Gasteiger partial charge in [0.05, 0.1) is 17.7 Å². The highest BCUT2D eigenvalue weighted by atomic mass is 35.5. The molecular weight excluding hydrogens is 499 g/mol. The number of carbonyl (C=O) groups excluding carboxylic acids is 1. The lowest BCUT2D eigenvalue weighted by molar-refractivity contribution is -0.113. The number of tetrazole rings is 1. The van der Waals surface area contributed by atoms with Crippen molar-refractivity contribution < 1.29 is 18.7 Å². The van der Waals surface area contributed by atoms with Crippen molar-refractivity contribution in [1.82, 2.24) is 20.2 Å².